The summed E-state index contributed by atoms with van der Waals surface area (Å²) in [4.78, 5) is 19.6. The first-order valence-corrected chi connectivity index (χ1v) is 13.0. The Morgan fingerprint density at radius 2 is 1.50 bits per heavy atom. The molecule has 0 saturated carbocycles. The number of carbonyl (C=O) groups is 1. The molecule has 0 unspecified atom stereocenters. The van der Waals surface area contributed by atoms with Crippen LogP contribution in [0.1, 0.15) is 10.4 Å². The normalized spacial score (nSPS) is 17.5. The number of sulfone groups is 1. The number of ether oxygens (including phenoxy) is 1. The van der Waals surface area contributed by atoms with Crippen molar-refractivity contribution in [1.82, 2.24) is 4.90 Å². The van der Waals surface area contributed by atoms with Gasteiger partial charge >= 0.3 is 0 Å². The van der Waals surface area contributed by atoms with E-state index in [1.165, 1.54) is 6.07 Å². The lowest BCUT2D eigenvalue weighted by molar-refractivity contribution is 0.0746. The summed E-state index contributed by atoms with van der Waals surface area (Å²) in [5, 5.41) is 1.15. The second kappa shape index (κ2) is 9.47. The van der Waals surface area contributed by atoms with E-state index in [9.17, 15) is 13.2 Å². The third-order valence-corrected chi connectivity index (χ3v) is 7.44. The number of rotatable bonds is 4. The van der Waals surface area contributed by atoms with E-state index in [2.05, 4.69) is 9.80 Å². The molecule has 2 aromatic rings. The van der Waals surface area contributed by atoms with Crippen LogP contribution in [0.4, 0.5) is 11.4 Å². The fourth-order valence-electron chi connectivity index (χ4n) is 4.06. The van der Waals surface area contributed by atoms with Gasteiger partial charge in [0.25, 0.3) is 5.91 Å². The average molecular weight is 498 g/mol. The molecule has 172 valence electrons. The van der Waals surface area contributed by atoms with Gasteiger partial charge in [0.15, 0.2) is 9.84 Å². The Morgan fingerprint density at radius 1 is 0.875 bits per heavy atom. The molecule has 1 amide bonds. The summed E-state index contributed by atoms with van der Waals surface area (Å²) in [5.74, 6) is -0.168. The van der Waals surface area contributed by atoms with E-state index in [1.54, 1.807) is 29.2 Å². The molecule has 32 heavy (non-hydrogen) atoms. The van der Waals surface area contributed by atoms with Crippen molar-refractivity contribution in [2.24, 2.45) is 0 Å². The maximum absolute atomic E-state index is 13.5. The highest BCUT2D eigenvalue weighted by atomic mass is 35.5. The average Bonchev–Trinajstić information content (AvgIpc) is 2.78. The Bertz CT molecular complexity index is 1110. The van der Waals surface area contributed by atoms with Crippen LogP contribution in [-0.4, -0.2) is 78.0 Å². The third-order valence-electron chi connectivity index (χ3n) is 5.80. The first-order chi connectivity index (χ1) is 15.2. The molecule has 4 rings (SSSR count). The van der Waals surface area contributed by atoms with E-state index in [-0.39, 0.29) is 10.8 Å². The van der Waals surface area contributed by atoms with Gasteiger partial charge < -0.3 is 19.4 Å². The molecule has 2 aliphatic heterocycles. The topological polar surface area (TPSA) is 70.2 Å². The lowest BCUT2D eigenvalue weighted by atomic mass is 10.1. The maximum atomic E-state index is 13.5. The molecule has 10 heteroatoms. The van der Waals surface area contributed by atoms with Crippen LogP contribution < -0.4 is 9.80 Å². The van der Waals surface area contributed by atoms with Gasteiger partial charge in [0.1, 0.15) is 0 Å². The molecule has 2 aliphatic rings. The molecule has 0 aliphatic carbocycles. The van der Waals surface area contributed by atoms with Crippen molar-refractivity contribution < 1.29 is 17.9 Å². The van der Waals surface area contributed by atoms with Crippen LogP contribution in [0.25, 0.3) is 0 Å². The summed E-state index contributed by atoms with van der Waals surface area (Å²) in [6, 6.07) is 10.2. The quantitative estimate of drug-likeness (QED) is 0.645. The first kappa shape index (κ1) is 23.2. The largest absolute Gasteiger partial charge is 0.378 e. The first-order valence-electron chi connectivity index (χ1n) is 10.4. The monoisotopic (exact) mass is 497 g/mol. The number of morpholine rings is 1. The van der Waals surface area contributed by atoms with Gasteiger partial charge in [-0.3, -0.25) is 4.79 Å². The van der Waals surface area contributed by atoms with Crippen LogP contribution in [0.2, 0.25) is 10.0 Å². The molecule has 0 aromatic heterocycles. The summed E-state index contributed by atoms with van der Waals surface area (Å²) in [7, 11) is -3.44. The summed E-state index contributed by atoms with van der Waals surface area (Å²) in [5.41, 5.74) is 2.04. The van der Waals surface area contributed by atoms with Gasteiger partial charge in [-0.25, -0.2) is 8.42 Å². The zero-order valence-electron chi connectivity index (χ0n) is 17.8. The number of amides is 1. The Morgan fingerprint density at radius 3 is 2.12 bits per heavy atom. The molecule has 0 spiro atoms. The zero-order chi connectivity index (χ0) is 22.9. The van der Waals surface area contributed by atoms with Crippen LogP contribution in [0.3, 0.4) is 0 Å². The molecule has 2 fully saturated rings. The predicted molar refractivity (Wildman–Crippen MR) is 127 cm³/mol. The molecule has 2 heterocycles. The van der Waals surface area contributed by atoms with E-state index in [1.807, 2.05) is 6.07 Å². The van der Waals surface area contributed by atoms with Gasteiger partial charge in [-0.2, -0.15) is 0 Å². The number of hydrogen-bond acceptors (Lipinski definition) is 6. The van der Waals surface area contributed by atoms with Crippen LogP contribution in [0.15, 0.2) is 41.3 Å². The van der Waals surface area contributed by atoms with Crippen LogP contribution in [0, 0.1) is 0 Å². The van der Waals surface area contributed by atoms with Crippen molar-refractivity contribution in [2.45, 2.75) is 4.90 Å². The molecular weight excluding hydrogens is 473 g/mol. The summed E-state index contributed by atoms with van der Waals surface area (Å²) in [6.45, 7) is 4.69. The summed E-state index contributed by atoms with van der Waals surface area (Å²) < 4.78 is 29.7. The molecule has 7 nitrogen and oxygen atoms in total. The number of anilines is 2. The van der Waals surface area contributed by atoms with Crippen molar-refractivity contribution in [1.29, 1.82) is 0 Å². The van der Waals surface area contributed by atoms with Gasteiger partial charge in [-0.1, -0.05) is 23.2 Å². The summed E-state index contributed by atoms with van der Waals surface area (Å²) in [6.07, 6.45) is 1.15. The van der Waals surface area contributed by atoms with E-state index in [0.717, 1.165) is 17.6 Å². The standard InChI is InChI=1S/C22H25Cl2N3O4S/c1-32(29,30)17-3-5-20(26-10-12-31-13-11-26)18(15-17)22(28)27-8-6-25(7-9-27)21-4-2-16(23)14-19(21)24/h2-5,14-15H,6-13H2,1H3. The highest BCUT2D eigenvalue weighted by Crippen LogP contribution is 2.31. The second-order valence-electron chi connectivity index (χ2n) is 7.93. The SMILES string of the molecule is CS(=O)(=O)c1ccc(N2CCOCC2)c(C(=O)N2CCN(c3ccc(Cl)cc3Cl)CC2)c1. The van der Waals surface area contributed by atoms with Gasteiger partial charge in [-0.05, 0) is 36.4 Å². The Labute approximate surface area is 198 Å². The maximum Gasteiger partial charge on any atom is 0.256 e. The van der Waals surface area contributed by atoms with Gasteiger partial charge in [0.05, 0.1) is 34.4 Å². The van der Waals surface area contributed by atoms with Gasteiger partial charge in [-0.15, -0.1) is 0 Å². The van der Waals surface area contributed by atoms with Crippen LogP contribution in [0.5, 0.6) is 0 Å². The molecule has 0 N–H and O–H groups in total. The Hall–Kier alpha value is -2.00. The molecule has 2 saturated heterocycles. The van der Waals surface area contributed by atoms with E-state index in [4.69, 9.17) is 27.9 Å². The number of benzene rings is 2. The minimum atomic E-state index is -3.44. The number of halogens is 2. The van der Waals surface area contributed by atoms with Crippen LogP contribution >= 0.6 is 23.2 Å². The highest BCUT2D eigenvalue weighted by Gasteiger charge is 2.28. The molecule has 0 atom stereocenters. The smallest absolute Gasteiger partial charge is 0.256 e. The van der Waals surface area contributed by atoms with Crippen molar-refractivity contribution in [2.75, 3.05) is 68.5 Å². The Kier molecular flexibility index (Phi) is 6.86. The van der Waals surface area contributed by atoms with Crippen molar-refractivity contribution in [3.8, 4) is 0 Å². The minimum absolute atomic E-state index is 0.143. The number of carbonyl (C=O) groups excluding carboxylic acids is 1. The Balaban J connectivity index is 1.57. The molecule has 0 radical (unpaired) electrons. The van der Waals surface area contributed by atoms with E-state index < -0.39 is 9.84 Å². The summed E-state index contributed by atoms with van der Waals surface area (Å²) >= 11 is 12.3. The van der Waals surface area contributed by atoms with Crippen molar-refractivity contribution in [3.05, 3.63) is 52.0 Å². The third kappa shape index (κ3) is 4.98. The zero-order valence-corrected chi connectivity index (χ0v) is 20.1. The predicted octanol–water partition coefficient (Wildman–Crippen LogP) is 3.20. The fourth-order valence-corrected chi connectivity index (χ4v) is 5.23. The van der Waals surface area contributed by atoms with Crippen molar-refractivity contribution >= 4 is 50.3 Å². The highest BCUT2D eigenvalue weighted by molar-refractivity contribution is 7.90. The van der Waals surface area contributed by atoms with Crippen LogP contribution in [-0.2, 0) is 14.6 Å². The number of hydrogen-bond donors (Lipinski definition) is 0. The molecular formula is C22H25Cl2N3O4S. The van der Waals surface area contributed by atoms with Crippen molar-refractivity contribution in [3.63, 3.8) is 0 Å². The molecule has 2 aromatic carbocycles. The van der Waals surface area contributed by atoms with Gasteiger partial charge in [0.2, 0.25) is 0 Å². The molecule has 0 bridgehead atoms. The number of nitrogens with zero attached hydrogens (tertiary/aromatic N) is 3. The lowest BCUT2D eigenvalue weighted by Gasteiger charge is -2.37. The fraction of sp³-hybridized carbons (Fsp3) is 0.409. The number of piperazine rings is 1. The second-order valence-corrected chi connectivity index (χ2v) is 10.8. The van der Waals surface area contributed by atoms with E-state index >= 15 is 0 Å². The minimum Gasteiger partial charge on any atom is -0.378 e. The van der Waals surface area contributed by atoms with E-state index in [0.29, 0.717) is 68.1 Å². The lowest BCUT2D eigenvalue weighted by Crippen LogP contribution is -2.49. The van der Waals surface area contributed by atoms with Gasteiger partial charge in [0, 0.05) is 56.2 Å².